The fourth-order valence-electron chi connectivity index (χ4n) is 5.21. The molecule has 3 unspecified atom stereocenters. The van der Waals surface area contributed by atoms with E-state index >= 15 is 0 Å². The largest absolute Gasteiger partial charge is 0.343 e. The van der Waals surface area contributed by atoms with E-state index < -0.39 is 6.04 Å². The van der Waals surface area contributed by atoms with Crippen LogP contribution in [0.25, 0.3) is 0 Å². The van der Waals surface area contributed by atoms with Gasteiger partial charge in [-0.1, -0.05) is 41.4 Å². The van der Waals surface area contributed by atoms with E-state index in [4.69, 9.17) is 11.6 Å². The van der Waals surface area contributed by atoms with Gasteiger partial charge in [0, 0.05) is 30.8 Å². The molecular weight excluding hydrogens is 426 g/mol. The molecule has 3 heterocycles. The van der Waals surface area contributed by atoms with Gasteiger partial charge in [-0.05, 0) is 49.6 Å². The van der Waals surface area contributed by atoms with E-state index in [1.165, 1.54) is 16.0 Å². The molecule has 0 aromatic heterocycles. The molecule has 3 amide bonds. The van der Waals surface area contributed by atoms with Gasteiger partial charge in [-0.15, -0.1) is 0 Å². The monoisotopic (exact) mass is 453 g/mol. The van der Waals surface area contributed by atoms with Gasteiger partial charge in [0.2, 0.25) is 0 Å². The minimum atomic E-state index is -0.413. The van der Waals surface area contributed by atoms with E-state index in [2.05, 4.69) is 47.2 Å². The molecule has 3 atom stereocenters. The quantitative estimate of drug-likeness (QED) is 0.773. The number of halogens is 1. The Morgan fingerprint density at radius 2 is 1.81 bits per heavy atom. The van der Waals surface area contributed by atoms with Crippen molar-refractivity contribution in [1.82, 2.24) is 20.0 Å². The van der Waals surface area contributed by atoms with Gasteiger partial charge in [-0.3, -0.25) is 19.9 Å². The zero-order valence-corrected chi connectivity index (χ0v) is 19.3. The molecule has 0 aliphatic carbocycles. The summed E-state index contributed by atoms with van der Waals surface area (Å²) in [6, 6.07) is 13.0. The number of hydrogen-bond acceptors (Lipinski definition) is 5. The molecule has 0 radical (unpaired) electrons. The summed E-state index contributed by atoms with van der Waals surface area (Å²) in [4.78, 5) is 34.3. The SMILES string of the molecule is Cc1ccc(N2CCCN3C4C(=O)N(Cc5ccc(Cl)cc5)C(=O)N(C)C4NC23)c(C)c1. The molecule has 1 N–H and O–H groups in total. The summed E-state index contributed by atoms with van der Waals surface area (Å²) in [7, 11) is 1.77. The highest BCUT2D eigenvalue weighted by Gasteiger charge is 2.56. The molecule has 2 aromatic carbocycles. The number of benzene rings is 2. The summed E-state index contributed by atoms with van der Waals surface area (Å²) in [6.45, 7) is 6.16. The van der Waals surface area contributed by atoms with Crippen molar-refractivity contribution in [3.63, 3.8) is 0 Å². The molecule has 3 fully saturated rings. The lowest BCUT2D eigenvalue weighted by molar-refractivity contribution is -0.139. The zero-order chi connectivity index (χ0) is 22.6. The van der Waals surface area contributed by atoms with Crippen molar-refractivity contribution in [2.75, 3.05) is 25.0 Å². The standard InChI is InChI=1S/C24H28ClN5O2/c1-15-5-10-19(16(2)13-15)28-11-4-12-29-20-21(26-23(28)29)27(3)24(32)30(22(20)31)14-17-6-8-18(25)9-7-17/h5-10,13,20-21,23,26H,4,11-12,14H2,1-3H3. The van der Waals surface area contributed by atoms with E-state index in [0.29, 0.717) is 5.02 Å². The number of hydrogen-bond donors (Lipinski definition) is 1. The predicted molar refractivity (Wildman–Crippen MR) is 124 cm³/mol. The van der Waals surface area contributed by atoms with Gasteiger partial charge in [0.1, 0.15) is 18.5 Å². The van der Waals surface area contributed by atoms with Gasteiger partial charge in [0.25, 0.3) is 5.91 Å². The van der Waals surface area contributed by atoms with Crippen molar-refractivity contribution in [3.05, 3.63) is 64.2 Å². The van der Waals surface area contributed by atoms with Crippen LogP contribution in [0.5, 0.6) is 0 Å². The third-order valence-corrected chi connectivity index (χ3v) is 7.04. The van der Waals surface area contributed by atoms with Gasteiger partial charge < -0.3 is 9.80 Å². The fourth-order valence-corrected chi connectivity index (χ4v) is 5.34. The van der Waals surface area contributed by atoms with Gasteiger partial charge in [-0.2, -0.15) is 0 Å². The molecule has 3 aliphatic rings. The lowest BCUT2D eigenvalue weighted by Crippen LogP contribution is -2.66. The molecule has 0 spiro atoms. The van der Waals surface area contributed by atoms with E-state index in [0.717, 1.165) is 30.8 Å². The van der Waals surface area contributed by atoms with Gasteiger partial charge in [-0.25, -0.2) is 4.79 Å². The van der Waals surface area contributed by atoms with Crippen LogP contribution in [0.4, 0.5) is 10.5 Å². The first-order valence-corrected chi connectivity index (χ1v) is 11.4. The van der Waals surface area contributed by atoms with E-state index in [-0.39, 0.29) is 30.9 Å². The average Bonchev–Trinajstić information content (AvgIpc) is 3.17. The van der Waals surface area contributed by atoms with Crippen LogP contribution >= 0.6 is 11.6 Å². The van der Waals surface area contributed by atoms with Crippen molar-refractivity contribution < 1.29 is 9.59 Å². The number of imide groups is 1. The maximum Gasteiger partial charge on any atom is 0.328 e. The van der Waals surface area contributed by atoms with Crippen molar-refractivity contribution in [1.29, 1.82) is 0 Å². The number of nitrogens with one attached hydrogen (secondary N) is 1. The molecule has 32 heavy (non-hydrogen) atoms. The molecule has 0 bridgehead atoms. The number of amides is 3. The molecule has 7 nitrogen and oxygen atoms in total. The molecular formula is C24H28ClN5O2. The van der Waals surface area contributed by atoms with Crippen molar-refractivity contribution in [3.8, 4) is 0 Å². The second kappa shape index (κ2) is 8.06. The summed E-state index contributed by atoms with van der Waals surface area (Å²) >= 11 is 5.99. The molecule has 0 saturated carbocycles. The average molecular weight is 454 g/mol. The molecule has 8 heteroatoms. The van der Waals surface area contributed by atoms with Crippen molar-refractivity contribution in [2.24, 2.45) is 0 Å². The van der Waals surface area contributed by atoms with E-state index in [1.54, 1.807) is 24.1 Å². The van der Waals surface area contributed by atoms with E-state index in [1.807, 2.05) is 12.1 Å². The Morgan fingerprint density at radius 1 is 1.06 bits per heavy atom. The number of likely N-dealkylation sites (N-methyl/N-ethyl adjacent to an activating group) is 1. The van der Waals surface area contributed by atoms with Crippen LogP contribution in [-0.4, -0.2) is 65.3 Å². The highest BCUT2D eigenvalue weighted by molar-refractivity contribution is 6.30. The Balaban J connectivity index is 1.44. The Hall–Kier alpha value is -2.61. The third kappa shape index (κ3) is 3.45. The summed E-state index contributed by atoms with van der Waals surface area (Å²) < 4.78 is 0. The summed E-state index contributed by atoms with van der Waals surface area (Å²) in [5, 5.41) is 4.21. The van der Waals surface area contributed by atoms with Crippen molar-refractivity contribution >= 4 is 29.2 Å². The second-order valence-corrected chi connectivity index (χ2v) is 9.39. The minimum Gasteiger partial charge on any atom is -0.343 e. The number of aryl methyl sites for hydroxylation is 2. The Bertz CT molecular complexity index is 1060. The van der Waals surface area contributed by atoms with Gasteiger partial charge in [0.05, 0.1) is 6.54 Å². The smallest absolute Gasteiger partial charge is 0.328 e. The van der Waals surface area contributed by atoms with Crippen LogP contribution < -0.4 is 10.2 Å². The number of urea groups is 1. The molecule has 168 valence electrons. The van der Waals surface area contributed by atoms with Crippen LogP contribution in [0, 0.1) is 13.8 Å². The Labute approximate surface area is 193 Å². The Kier molecular flexibility index (Phi) is 5.35. The highest BCUT2D eigenvalue weighted by atomic mass is 35.5. The minimum absolute atomic E-state index is 0.130. The van der Waals surface area contributed by atoms with Crippen LogP contribution in [0.15, 0.2) is 42.5 Å². The highest BCUT2D eigenvalue weighted by Crippen LogP contribution is 2.34. The maximum absolute atomic E-state index is 13.6. The van der Waals surface area contributed by atoms with Crippen LogP contribution in [0.3, 0.4) is 0 Å². The normalized spacial score (nSPS) is 25.9. The number of anilines is 1. The van der Waals surface area contributed by atoms with Crippen LogP contribution in [0.2, 0.25) is 5.02 Å². The second-order valence-electron chi connectivity index (χ2n) is 8.95. The van der Waals surface area contributed by atoms with Gasteiger partial charge in [0.15, 0.2) is 0 Å². The number of carbonyl (C=O) groups is 2. The topological polar surface area (TPSA) is 59.1 Å². The van der Waals surface area contributed by atoms with Crippen LogP contribution in [0.1, 0.15) is 23.1 Å². The fraction of sp³-hybridized carbons (Fsp3) is 0.417. The zero-order valence-electron chi connectivity index (χ0n) is 18.6. The first-order valence-electron chi connectivity index (χ1n) is 11.0. The Morgan fingerprint density at radius 3 is 2.53 bits per heavy atom. The molecule has 3 aliphatic heterocycles. The number of rotatable bonds is 3. The lowest BCUT2D eigenvalue weighted by atomic mass is 10.1. The molecule has 2 aromatic rings. The van der Waals surface area contributed by atoms with Crippen LogP contribution in [-0.2, 0) is 11.3 Å². The summed E-state index contributed by atoms with van der Waals surface area (Å²) in [5.41, 5.74) is 4.48. The number of nitrogens with zero attached hydrogens (tertiary/aromatic N) is 4. The summed E-state index contributed by atoms with van der Waals surface area (Å²) in [5.74, 6) is -0.148. The first kappa shape index (κ1) is 21.2. The predicted octanol–water partition coefficient (Wildman–Crippen LogP) is 3.14. The number of carbonyl (C=O) groups excluding carboxylic acids is 2. The summed E-state index contributed by atoms with van der Waals surface area (Å²) in [6.07, 6.45) is 0.472. The van der Waals surface area contributed by atoms with Crippen molar-refractivity contribution in [2.45, 2.75) is 45.3 Å². The lowest BCUT2D eigenvalue weighted by Gasteiger charge is -2.44. The first-order chi connectivity index (χ1) is 15.3. The number of fused-ring (bicyclic) bond motifs is 3. The molecule has 3 saturated heterocycles. The van der Waals surface area contributed by atoms with Gasteiger partial charge >= 0.3 is 6.03 Å². The molecule has 5 rings (SSSR count). The third-order valence-electron chi connectivity index (χ3n) is 6.79. The maximum atomic E-state index is 13.6. The van der Waals surface area contributed by atoms with E-state index in [9.17, 15) is 9.59 Å².